The largest absolute Gasteiger partial charge is 0.352 e. The van der Waals surface area contributed by atoms with E-state index in [-0.39, 0.29) is 17.9 Å². The molecule has 1 unspecified atom stereocenters. The Balaban J connectivity index is 2.73. The summed E-state index contributed by atoms with van der Waals surface area (Å²) >= 11 is 0. The number of benzene rings is 1. The molecule has 2 amide bonds. The van der Waals surface area contributed by atoms with Crippen LogP contribution >= 0.6 is 0 Å². The van der Waals surface area contributed by atoms with Crippen LogP contribution in [0.5, 0.6) is 0 Å². The second-order valence-corrected chi connectivity index (χ2v) is 5.05. The van der Waals surface area contributed by atoms with Crippen molar-refractivity contribution < 1.29 is 9.59 Å². The zero-order chi connectivity index (χ0) is 15.1. The van der Waals surface area contributed by atoms with E-state index in [1.807, 2.05) is 26.0 Å². The highest BCUT2D eigenvalue weighted by Gasteiger charge is 2.18. The van der Waals surface area contributed by atoms with Crippen LogP contribution in [0.4, 0.5) is 0 Å². The van der Waals surface area contributed by atoms with Gasteiger partial charge in [0.2, 0.25) is 5.91 Å². The van der Waals surface area contributed by atoms with E-state index in [9.17, 15) is 9.59 Å². The van der Waals surface area contributed by atoms with Gasteiger partial charge in [0.1, 0.15) is 6.04 Å². The average Bonchev–Trinajstić information content (AvgIpc) is 2.38. The van der Waals surface area contributed by atoms with Gasteiger partial charge in [-0.25, -0.2) is 0 Å². The van der Waals surface area contributed by atoms with Crippen LogP contribution in [0.15, 0.2) is 24.3 Å². The highest BCUT2D eigenvalue weighted by molar-refractivity contribution is 5.98. The maximum absolute atomic E-state index is 12.2. The number of amides is 2. The maximum Gasteiger partial charge on any atom is 0.252 e. The molecule has 0 aromatic heterocycles. The van der Waals surface area contributed by atoms with Gasteiger partial charge in [-0.05, 0) is 45.4 Å². The number of rotatable bonds is 6. The number of nitrogens with one attached hydrogen (secondary N) is 2. The molecule has 0 radical (unpaired) electrons. The Labute approximate surface area is 119 Å². The summed E-state index contributed by atoms with van der Waals surface area (Å²) in [4.78, 5) is 24.0. The van der Waals surface area contributed by atoms with Crippen molar-refractivity contribution in [1.29, 1.82) is 0 Å². The summed E-state index contributed by atoms with van der Waals surface area (Å²) < 4.78 is 0. The first-order valence-electron chi connectivity index (χ1n) is 6.85. The molecule has 0 fully saturated rings. The van der Waals surface area contributed by atoms with Gasteiger partial charge in [-0.2, -0.15) is 0 Å². The molecule has 0 saturated carbocycles. The Hall–Kier alpha value is -1.88. The summed E-state index contributed by atoms with van der Waals surface area (Å²) in [6, 6.07) is 6.76. The molecular weight excluding hydrogens is 254 g/mol. The fourth-order valence-electron chi connectivity index (χ4n) is 1.86. The van der Waals surface area contributed by atoms with Crippen LogP contribution in [0.3, 0.4) is 0 Å². The fraction of sp³-hybridized carbons (Fsp3) is 0.467. The van der Waals surface area contributed by atoms with Crippen LogP contribution in [0.1, 0.15) is 36.7 Å². The molecule has 0 spiro atoms. The van der Waals surface area contributed by atoms with Crippen LogP contribution in [0.2, 0.25) is 0 Å². The maximum atomic E-state index is 12.2. The minimum absolute atomic E-state index is 0.0476. The highest BCUT2D eigenvalue weighted by Crippen LogP contribution is 2.09. The molecule has 0 aliphatic carbocycles. The molecule has 1 atom stereocenters. The summed E-state index contributed by atoms with van der Waals surface area (Å²) in [5.41, 5.74) is 7.00. The van der Waals surface area contributed by atoms with Crippen molar-refractivity contribution in [3.63, 3.8) is 0 Å². The second-order valence-electron chi connectivity index (χ2n) is 5.05. The molecule has 0 saturated heterocycles. The molecule has 20 heavy (non-hydrogen) atoms. The van der Waals surface area contributed by atoms with Gasteiger partial charge in [-0.15, -0.1) is 0 Å². The van der Waals surface area contributed by atoms with E-state index in [1.54, 1.807) is 19.1 Å². The summed E-state index contributed by atoms with van der Waals surface area (Å²) in [5, 5.41) is 5.47. The number of hydrogen-bond acceptors (Lipinski definition) is 3. The van der Waals surface area contributed by atoms with Crippen LogP contribution in [-0.4, -0.2) is 30.4 Å². The van der Waals surface area contributed by atoms with Crippen molar-refractivity contribution in [2.24, 2.45) is 5.73 Å². The Morgan fingerprint density at radius 1 is 1.15 bits per heavy atom. The van der Waals surface area contributed by atoms with E-state index in [0.717, 1.165) is 5.56 Å². The molecular formula is C15H23N3O2. The van der Waals surface area contributed by atoms with Crippen LogP contribution < -0.4 is 16.4 Å². The van der Waals surface area contributed by atoms with Gasteiger partial charge in [0.15, 0.2) is 0 Å². The Morgan fingerprint density at radius 3 is 2.40 bits per heavy atom. The van der Waals surface area contributed by atoms with Crippen molar-refractivity contribution in [3.8, 4) is 0 Å². The van der Waals surface area contributed by atoms with Crippen LogP contribution in [0.25, 0.3) is 0 Å². The first-order valence-corrected chi connectivity index (χ1v) is 6.85. The Bertz CT molecular complexity index is 472. The molecule has 0 heterocycles. The van der Waals surface area contributed by atoms with Gasteiger partial charge in [-0.1, -0.05) is 18.2 Å². The van der Waals surface area contributed by atoms with E-state index in [2.05, 4.69) is 10.6 Å². The SMILES string of the molecule is CC(C)NC(=O)C(C)NC(=O)c1ccccc1CCN. The summed E-state index contributed by atoms with van der Waals surface area (Å²) in [6.07, 6.45) is 0.635. The normalized spacial score (nSPS) is 12.1. The Kier molecular flexibility index (Phi) is 6.18. The molecule has 5 nitrogen and oxygen atoms in total. The van der Waals surface area contributed by atoms with E-state index < -0.39 is 6.04 Å². The van der Waals surface area contributed by atoms with Gasteiger partial charge in [0.05, 0.1) is 0 Å². The first kappa shape index (κ1) is 16.2. The predicted molar refractivity (Wildman–Crippen MR) is 79.4 cm³/mol. The van der Waals surface area contributed by atoms with Crippen LogP contribution in [-0.2, 0) is 11.2 Å². The number of nitrogens with two attached hydrogens (primary N) is 1. The summed E-state index contributed by atoms with van der Waals surface area (Å²) in [5.74, 6) is -0.440. The summed E-state index contributed by atoms with van der Waals surface area (Å²) in [7, 11) is 0. The van der Waals surface area contributed by atoms with Gasteiger partial charge in [-0.3, -0.25) is 9.59 Å². The number of hydrogen-bond donors (Lipinski definition) is 3. The first-order chi connectivity index (χ1) is 9.45. The number of carbonyl (C=O) groups is 2. The lowest BCUT2D eigenvalue weighted by Gasteiger charge is -2.17. The van der Waals surface area contributed by atoms with Crippen molar-refractivity contribution in [2.45, 2.75) is 39.3 Å². The minimum atomic E-state index is -0.573. The lowest BCUT2D eigenvalue weighted by atomic mass is 10.0. The molecule has 1 rings (SSSR count). The third-order valence-electron chi connectivity index (χ3n) is 2.85. The summed E-state index contributed by atoms with van der Waals surface area (Å²) in [6.45, 7) is 5.90. The standard InChI is InChI=1S/C15H23N3O2/c1-10(2)17-14(19)11(3)18-15(20)13-7-5-4-6-12(13)8-9-16/h4-7,10-11H,8-9,16H2,1-3H3,(H,17,19)(H,18,20). The minimum Gasteiger partial charge on any atom is -0.352 e. The van der Waals surface area contributed by atoms with E-state index >= 15 is 0 Å². The molecule has 4 N–H and O–H groups in total. The van der Waals surface area contributed by atoms with Crippen molar-refractivity contribution >= 4 is 11.8 Å². The van der Waals surface area contributed by atoms with E-state index in [0.29, 0.717) is 18.5 Å². The molecule has 0 aliphatic heterocycles. The van der Waals surface area contributed by atoms with E-state index in [4.69, 9.17) is 5.73 Å². The molecule has 0 bridgehead atoms. The van der Waals surface area contributed by atoms with Crippen molar-refractivity contribution in [3.05, 3.63) is 35.4 Å². The third-order valence-corrected chi connectivity index (χ3v) is 2.85. The topological polar surface area (TPSA) is 84.2 Å². The zero-order valence-electron chi connectivity index (χ0n) is 12.3. The van der Waals surface area contributed by atoms with Gasteiger partial charge < -0.3 is 16.4 Å². The highest BCUT2D eigenvalue weighted by atomic mass is 16.2. The monoisotopic (exact) mass is 277 g/mol. The average molecular weight is 277 g/mol. The quantitative estimate of drug-likeness (QED) is 0.720. The lowest BCUT2D eigenvalue weighted by molar-refractivity contribution is -0.123. The Morgan fingerprint density at radius 2 is 1.80 bits per heavy atom. The molecule has 110 valence electrons. The molecule has 1 aromatic carbocycles. The molecule has 5 heteroatoms. The number of carbonyl (C=O) groups excluding carboxylic acids is 2. The van der Waals surface area contributed by atoms with Crippen molar-refractivity contribution in [2.75, 3.05) is 6.54 Å². The van der Waals surface area contributed by atoms with E-state index in [1.165, 1.54) is 0 Å². The molecule has 1 aromatic rings. The van der Waals surface area contributed by atoms with Gasteiger partial charge in [0.25, 0.3) is 5.91 Å². The second kappa shape index (κ2) is 7.65. The fourth-order valence-corrected chi connectivity index (χ4v) is 1.86. The zero-order valence-corrected chi connectivity index (χ0v) is 12.3. The van der Waals surface area contributed by atoms with Crippen molar-refractivity contribution in [1.82, 2.24) is 10.6 Å². The molecule has 0 aliphatic rings. The van der Waals surface area contributed by atoms with Gasteiger partial charge >= 0.3 is 0 Å². The third kappa shape index (κ3) is 4.66. The van der Waals surface area contributed by atoms with Crippen LogP contribution in [0, 0.1) is 0 Å². The van der Waals surface area contributed by atoms with Gasteiger partial charge in [0, 0.05) is 11.6 Å². The lowest BCUT2D eigenvalue weighted by Crippen LogP contribution is -2.46. The predicted octanol–water partition coefficient (Wildman–Crippen LogP) is 0.831. The smallest absolute Gasteiger partial charge is 0.252 e.